The van der Waals surface area contributed by atoms with E-state index >= 15 is 0 Å². The van der Waals surface area contributed by atoms with Gasteiger partial charge in [0.15, 0.2) is 11.5 Å². The zero-order chi connectivity index (χ0) is 15.0. The van der Waals surface area contributed by atoms with Gasteiger partial charge in [0.1, 0.15) is 5.82 Å². The van der Waals surface area contributed by atoms with Gasteiger partial charge in [0.25, 0.3) is 0 Å². The maximum absolute atomic E-state index is 9.89. The van der Waals surface area contributed by atoms with Crippen molar-refractivity contribution in [1.82, 2.24) is 9.97 Å². The Balaban J connectivity index is 2.13. The monoisotopic (exact) mass is 302 g/mol. The van der Waals surface area contributed by atoms with Gasteiger partial charge in [-0.2, -0.15) is 0 Å². The molecule has 0 spiro atoms. The first-order valence-corrected chi connectivity index (χ1v) is 7.08. The molecule has 0 unspecified atom stereocenters. The van der Waals surface area contributed by atoms with Crippen LogP contribution in [0, 0.1) is 6.92 Å². The van der Waals surface area contributed by atoms with Crippen molar-refractivity contribution in [2.75, 3.05) is 6.61 Å². The molecule has 3 aromatic rings. The van der Waals surface area contributed by atoms with Crippen molar-refractivity contribution < 1.29 is 9.84 Å². The molecule has 4 nitrogen and oxygen atoms in total. The van der Waals surface area contributed by atoms with E-state index in [2.05, 4.69) is 9.97 Å². The summed E-state index contributed by atoms with van der Waals surface area (Å²) in [5, 5.41) is 10.1. The SMILES string of the molecule is CCOc1cc(-c2nc3ccc(C)cc3[nH]2)cc(Cl)c1O. The molecular formula is C16H15ClN2O2. The lowest BCUT2D eigenvalue weighted by atomic mass is 10.2. The summed E-state index contributed by atoms with van der Waals surface area (Å²) in [5.74, 6) is 1.00. The van der Waals surface area contributed by atoms with Gasteiger partial charge in [-0.3, -0.25) is 0 Å². The Morgan fingerprint density at radius 2 is 2.10 bits per heavy atom. The third kappa shape index (κ3) is 2.54. The van der Waals surface area contributed by atoms with E-state index < -0.39 is 0 Å². The van der Waals surface area contributed by atoms with Gasteiger partial charge in [0, 0.05) is 5.56 Å². The highest BCUT2D eigenvalue weighted by Crippen LogP contribution is 2.38. The third-order valence-electron chi connectivity index (χ3n) is 3.24. The van der Waals surface area contributed by atoms with E-state index in [4.69, 9.17) is 16.3 Å². The molecule has 1 aromatic heterocycles. The van der Waals surface area contributed by atoms with Crippen LogP contribution in [0.1, 0.15) is 12.5 Å². The minimum absolute atomic E-state index is 0.0470. The molecule has 3 rings (SSSR count). The first-order chi connectivity index (χ1) is 10.1. The van der Waals surface area contributed by atoms with Crippen LogP contribution in [0.2, 0.25) is 5.02 Å². The molecule has 0 amide bonds. The van der Waals surface area contributed by atoms with Gasteiger partial charge in [-0.25, -0.2) is 4.98 Å². The van der Waals surface area contributed by atoms with Crippen LogP contribution in [0.5, 0.6) is 11.5 Å². The number of hydrogen-bond acceptors (Lipinski definition) is 3. The zero-order valence-electron chi connectivity index (χ0n) is 11.8. The summed E-state index contributed by atoms with van der Waals surface area (Å²) in [6, 6.07) is 9.43. The number of halogens is 1. The smallest absolute Gasteiger partial charge is 0.176 e. The summed E-state index contributed by atoms with van der Waals surface area (Å²) in [6.07, 6.45) is 0. The minimum Gasteiger partial charge on any atom is -0.503 e. The highest BCUT2D eigenvalue weighted by Gasteiger charge is 2.13. The van der Waals surface area contributed by atoms with Crippen LogP contribution in [0.4, 0.5) is 0 Å². The maximum Gasteiger partial charge on any atom is 0.176 e. The van der Waals surface area contributed by atoms with E-state index in [1.807, 2.05) is 32.0 Å². The largest absolute Gasteiger partial charge is 0.503 e. The van der Waals surface area contributed by atoms with Crippen LogP contribution in [0.25, 0.3) is 22.4 Å². The van der Waals surface area contributed by atoms with E-state index in [0.717, 1.165) is 22.2 Å². The van der Waals surface area contributed by atoms with E-state index in [1.165, 1.54) is 0 Å². The topological polar surface area (TPSA) is 58.1 Å². The summed E-state index contributed by atoms with van der Waals surface area (Å²) in [5.41, 5.74) is 3.79. The minimum atomic E-state index is -0.0470. The number of phenolic OH excluding ortho intramolecular Hbond substituents is 1. The fourth-order valence-corrected chi connectivity index (χ4v) is 2.45. The predicted molar refractivity (Wildman–Crippen MR) is 84.1 cm³/mol. The molecule has 2 N–H and O–H groups in total. The summed E-state index contributed by atoms with van der Waals surface area (Å²) in [7, 11) is 0. The molecule has 0 atom stereocenters. The van der Waals surface area contributed by atoms with Crippen molar-refractivity contribution in [3.63, 3.8) is 0 Å². The van der Waals surface area contributed by atoms with E-state index in [0.29, 0.717) is 18.2 Å². The van der Waals surface area contributed by atoms with Gasteiger partial charge >= 0.3 is 0 Å². The van der Waals surface area contributed by atoms with Gasteiger partial charge < -0.3 is 14.8 Å². The number of imidazole rings is 1. The number of benzene rings is 2. The number of ether oxygens (including phenoxy) is 1. The van der Waals surface area contributed by atoms with Crippen LogP contribution >= 0.6 is 11.6 Å². The average molecular weight is 303 g/mol. The van der Waals surface area contributed by atoms with Crippen LogP contribution in [0.15, 0.2) is 30.3 Å². The number of aromatic nitrogens is 2. The second kappa shape index (κ2) is 5.30. The summed E-state index contributed by atoms with van der Waals surface area (Å²) >= 11 is 6.06. The Morgan fingerprint density at radius 3 is 2.86 bits per heavy atom. The van der Waals surface area contributed by atoms with E-state index in [1.54, 1.807) is 12.1 Å². The number of aromatic hydroxyl groups is 1. The number of aromatic amines is 1. The zero-order valence-corrected chi connectivity index (χ0v) is 12.5. The van der Waals surface area contributed by atoms with Crippen molar-refractivity contribution in [1.29, 1.82) is 0 Å². The van der Waals surface area contributed by atoms with Crippen LogP contribution < -0.4 is 4.74 Å². The Hall–Kier alpha value is -2.20. The fourth-order valence-electron chi connectivity index (χ4n) is 2.24. The molecule has 0 saturated carbocycles. The second-order valence-electron chi connectivity index (χ2n) is 4.84. The van der Waals surface area contributed by atoms with Gasteiger partial charge in [-0.05, 0) is 43.7 Å². The number of rotatable bonds is 3. The lowest BCUT2D eigenvalue weighted by molar-refractivity contribution is 0.318. The quantitative estimate of drug-likeness (QED) is 0.758. The van der Waals surface area contributed by atoms with E-state index in [9.17, 15) is 5.11 Å². The van der Waals surface area contributed by atoms with Crippen LogP contribution in [-0.4, -0.2) is 21.7 Å². The number of nitrogens with one attached hydrogen (secondary N) is 1. The Bertz CT molecular complexity index is 811. The first kappa shape index (κ1) is 13.8. The molecule has 2 aromatic carbocycles. The lowest BCUT2D eigenvalue weighted by Crippen LogP contribution is -1.93. The molecule has 0 saturated heterocycles. The van der Waals surface area contributed by atoms with Gasteiger partial charge in [-0.15, -0.1) is 0 Å². The number of aryl methyl sites for hydroxylation is 1. The van der Waals surface area contributed by atoms with Crippen molar-refractivity contribution in [2.45, 2.75) is 13.8 Å². The van der Waals surface area contributed by atoms with Crippen molar-refractivity contribution >= 4 is 22.6 Å². The number of H-pyrrole nitrogens is 1. The number of phenols is 1. The van der Waals surface area contributed by atoms with Gasteiger partial charge in [0.05, 0.1) is 22.7 Å². The predicted octanol–water partition coefficient (Wildman–Crippen LogP) is 4.30. The summed E-state index contributed by atoms with van der Waals surface area (Å²) < 4.78 is 5.40. The van der Waals surface area contributed by atoms with Crippen molar-refractivity contribution in [2.24, 2.45) is 0 Å². The Morgan fingerprint density at radius 1 is 1.29 bits per heavy atom. The first-order valence-electron chi connectivity index (χ1n) is 6.70. The lowest BCUT2D eigenvalue weighted by Gasteiger charge is -2.08. The normalized spacial score (nSPS) is 11.0. The van der Waals surface area contributed by atoms with Crippen molar-refractivity contribution in [3.05, 3.63) is 40.9 Å². The third-order valence-corrected chi connectivity index (χ3v) is 3.53. The molecular weight excluding hydrogens is 288 g/mol. The molecule has 5 heteroatoms. The Labute approximate surface area is 127 Å². The molecule has 0 radical (unpaired) electrons. The molecule has 1 heterocycles. The molecule has 0 fully saturated rings. The van der Waals surface area contributed by atoms with Gasteiger partial charge in [0.2, 0.25) is 0 Å². The number of hydrogen-bond donors (Lipinski definition) is 2. The number of nitrogens with zero attached hydrogens (tertiary/aromatic N) is 1. The van der Waals surface area contributed by atoms with Crippen LogP contribution in [-0.2, 0) is 0 Å². The molecule has 0 bridgehead atoms. The average Bonchev–Trinajstić information content (AvgIpc) is 2.86. The molecule has 108 valence electrons. The second-order valence-corrected chi connectivity index (χ2v) is 5.25. The molecule has 0 aliphatic carbocycles. The summed E-state index contributed by atoms with van der Waals surface area (Å²) in [4.78, 5) is 7.81. The highest BCUT2D eigenvalue weighted by molar-refractivity contribution is 6.32. The Kier molecular flexibility index (Phi) is 3.47. The summed E-state index contributed by atoms with van der Waals surface area (Å²) in [6.45, 7) is 4.33. The maximum atomic E-state index is 9.89. The highest BCUT2D eigenvalue weighted by atomic mass is 35.5. The standard InChI is InChI=1S/C16H15ClN2O2/c1-3-21-14-8-10(7-11(17)15(14)20)16-18-12-5-4-9(2)6-13(12)19-16/h4-8,20H,3H2,1-2H3,(H,18,19). The number of fused-ring (bicyclic) bond motifs is 1. The molecule has 21 heavy (non-hydrogen) atoms. The van der Waals surface area contributed by atoms with E-state index in [-0.39, 0.29) is 10.8 Å². The van der Waals surface area contributed by atoms with Crippen LogP contribution in [0.3, 0.4) is 0 Å². The van der Waals surface area contributed by atoms with Crippen molar-refractivity contribution in [3.8, 4) is 22.9 Å². The molecule has 0 aliphatic rings. The molecule has 0 aliphatic heterocycles. The fraction of sp³-hybridized carbons (Fsp3) is 0.188. The van der Waals surface area contributed by atoms with Gasteiger partial charge in [-0.1, -0.05) is 17.7 Å².